The first kappa shape index (κ1) is 15.1. The normalized spacial score (nSPS) is 12.2. The van der Waals surface area contributed by atoms with Gasteiger partial charge in [0.1, 0.15) is 5.69 Å². The van der Waals surface area contributed by atoms with Gasteiger partial charge in [-0.3, -0.25) is 4.79 Å². The molecule has 1 atom stereocenters. The molecule has 6 heteroatoms. The second kappa shape index (κ2) is 6.60. The molecular formula is C19H17N5O. The van der Waals surface area contributed by atoms with Gasteiger partial charge in [-0.15, -0.1) is 0 Å². The lowest BCUT2D eigenvalue weighted by atomic mass is 10.1. The molecule has 0 aliphatic heterocycles. The number of aromatic nitrogens is 4. The van der Waals surface area contributed by atoms with Crippen LogP contribution in [0.1, 0.15) is 22.1 Å². The summed E-state index contributed by atoms with van der Waals surface area (Å²) >= 11 is 0. The molecule has 1 amide bonds. The molecule has 0 fully saturated rings. The van der Waals surface area contributed by atoms with E-state index in [0.717, 1.165) is 16.5 Å². The number of para-hydroxylation sites is 1. The minimum Gasteiger partial charge on any atom is -0.351 e. The van der Waals surface area contributed by atoms with E-state index in [4.69, 9.17) is 0 Å². The smallest absolute Gasteiger partial charge is 0.268 e. The highest BCUT2D eigenvalue weighted by molar-refractivity contribution is 5.98. The Bertz CT molecular complexity index is 942. The zero-order valence-electron chi connectivity index (χ0n) is 13.5. The second-order valence-corrected chi connectivity index (χ2v) is 5.79. The van der Waals surface area contributed by atoms with E-state index in [9.17, 15) is 4.79 Å². The van der Waals surface area contributed by atoms with Gasteiger partial charge in [-0.05, 0) is 17.7 Å². The van der Waals surface area contributed by atoms with Crippen molar-refractivity contribution in [2.75, 3.05) is 0 Å². The van der Waals surface area contributed by atoms with E-state index in [2.05, 4.69) is 20.5 Å². The van der Waals surface area contributed by atoms with Crippen molar-refractivity contribution in [2.24, 2.45) is 0 Å². The van der Waals surface area contributed by atoms with Crippen LogP contribution in [0.5, 0.6) is 0 Å². The fourth-order valence-corrected chi connectivity index (χ4v) is 2.85. The predicted molar refractivity (Wildman–Crippen MR) is 95.0 cm³/mol. The van der Waals surface area contributed by atoms with Gasteiger partial charge >= 0.3 is 0 Å². The Kier molecular flexibility index (Phi) is 4.00. The maximum atomic E-state index is 12.7. The van der Waals surface area contributed by atoms with Gasteiger partial charge in [-0.2, -0.15) is 15.0 Å². The zero-order valence-corrected chi connectivity index (χ0v) is 13.5. The van der Waals surface area contributed by atoms with Crippen LogP contribution in [-0.2, 0) is 6.54 Å². The molecule has 0 unspecified atom stereocenters. The molecule has 0 aliphatic carbocycles. The zero-order chi connectivity index (χ0) is 17.1. The van der Waals surface area contributed by atoms with E-state index in [1.807, 2.05) is 60.7 Å². The molecule has 0 bridgehead atoms. The fraction of sp³-hybridized carbons (Fsp3) is 0.105. The summed E-state index contributed by atoms with van der Waals surface area (Å²) in [4.78, 5) is 17.5. The number of benzene rings is 2. The van der Waals surface area contributed by atoms with E-state index in [-0.39, 0.29) is 11.9 Å². The Morgan fingerprint density at radius 2 is 1.76 bits per heavy atom. The largest absolute Gasteiger partial charge is 0.351 e. The Morgan fingerprint density at radius 3 is 2.52 bits per heavy atom. The average Bonchev–Trinajstić information content (AvgIpc) is 3.31. The molecule has 2 N–H and O–H groups in total. The molecular weight excluding hydrogens is 314 g/mol. The summed E-state index contributed by atoms with van der Waals surface area (Å²) in [5.41, 5.74) is 2.48. The standard InChI is InChI=1S/C19H17N5O/c25-19(17-12-15-8-4-5-9-16(15)22-17)23-18(13-24-20-10-11-21-24)14-6-2-1-3-7-14/h1-12,18,22H,13H2,(H,23,25)/t18-/m1/s1. The number of nitrogens with one attached hydrogen (secondary N) is 2. The quantitative estimate of drug-likeness (QED) is 0.590. The highest BCUT2D eigenvalue weighted by atomic mass is 16.2. The van der Waals surface area contributed by atoms with Crippen LogP contribution in [0.25, 0.3) is 10.9 Å². The van der Waals surface area contributed by atoms with Crippen LogP contribution in [0, 0.1) is 0 Å². The molecule has 124 valence electrons. The number of carbonyl (C=O) groups excluding carboxylic acids is 1. The van der Waals surface area contributed by atoms with Gasteiger partial charge in [0.2, 0.25) is 0 Å². The van der Waals surface area contributed by atoms with Crippen molar-refractivity contribution >= 4 is 16.8 Å². The number of H-pyrrole nitrogens is 1. The van der Waals surface area contributed by atoms with E-state index in [0.29, 0.717) is 12.2 Å². The summed E-state index contributed by atoms with van der Waals surface area (Å²) < 4.78 is 0. The summed E-state index contributed by atoms with van der Waals surface area (Å²) in [6.45, 7) is 0.461. The number of hydrogen-bond acceptors (Lipinski definition) is 3. The van der Waals surface area contributed by atoms with Crippen LogP contribution in [0.15, 0.2) is 73.1 Å². The third kappa shape index (κ3) is 3.28. The van der Waals surface area contributed by atoms with Crippen molar-refractivity contribution in [1.82, 2.24) is 25.3 Å². The summed E-state index contributed by atoms with van der Waals surface area (Å²) in [6, 6.07) is 19.3. The van der Waals surface area contributed by atoms with Gasteiger partial charge in [-0.25, -0.2) is 0 Å². The van der Waals surface area contributed by atoms with Crippen molar-refractivity contribution in [1.29, 1.82) is 0 Å². The van der Waals surface area contributed by atoms with Gasteiger partial charge < -0.3 is 10.3 Å². The van der Waals surface area contributed by atoms with Gasteiger partial charge in [0.15, 0.2) is 0 Å². The lowest BCUT2D eigenvalue weighted by molar-refractivity contribution is 0.0926. The number of rotatable bonds is 5. The maximum Gasteiger partial charge on any atom is 0.268 e. The third-order valence-corrected chi connectivity index (χ3v) is 4.09. The van der Waals surface area contributed by atoms with Crippen molar-refractivity contribution in [2.45, 2.75) is 12.6 Å². The van der Waals surface area contributed by atoms with Crippen molar-refractivity contribution in [3.05, 3.63) is 84.3 Å². The van der Waals surface area contributed by atoms with Gasteiger partial charge in [0, 0.05) is 10.9 Å². The first-order chi connectivity index (χ1) is 12.3. The summed E-state index contributed by atoms with van der Waals surface area (Å²) in [7, 11) is 0. The monoisotopic (exact) mass is 331 g/mol. The molecule has 4 rings (SSSR count). The Labute approximate surface area is 144 Å². The summed E-state index contributed by atoms with van der Waals surface area (Å²) in [5, 5.41) is 12.4. The molecule has 0 radical (unpaired) electrons. The third-order valence-electron chi connectivity index (χ3n) is 4.09. The van der Waals surface area contributed by atoms with E-state index >= 15 is 0 Å². The van der Waals surface area contributed by atoms with Crippen LogP contribution in [0.3, 0.4) is 0 Å². The number of amides is 1. The minimum atomic E-state index is -0.229. The van der Waals surface area contributed by atoms with Gasteiger partial charge in [0.25, 0.3) is 5.91 Å². The molecule has 25 heavy (non-hydrogen) atoms. The molecule has 0 aliphatic rings. The molecule has 2 aromatic carbocycles. The SMILES string of the molecule is O=C(N[C@H](Cn1nccn1)c1ccccc1)c1cc2ccccc2[nH]1. The Morgan fingerprint density at radius 1 is 1.04 bits per heavy atom. The van der Waals surface area contributed by atoms with Crippen LogP contribution in [0.2, 0.25) is 0 Å². The molecule has 0 saturated carbocycles. The Hall–Kier alpha value is -3.41. The average molecular weight is 331 g/mol. The number of fused-ring (bicyclic) bond motifs is 1. The van der Waals surface area contributed by atoms with Gasteiger partial charge in [-0.1, -0.05) is 48.5 Å². The molecule has 4 aromatic rings. The highest BCUT2D eigenvalue weighted by Crippen LogP contribution is 2.18. The molecule has 0 spiro atoms. The summed E-state index contributed by atoms with van der Waals surface area (Å²) in [5.74, 6) is -0.155. The van der Waals surface area contributed by atoms with E-state index in [1.165, 1.54) is 0 Å². The number of aromatic amines is 1. The lowest BCUT2D eigenvalue weighted by Crippen LogP contribution is -2.32. The van der Waals surface area contributed by atoms with E-state index < -0.39 is 0 Å². The van der Waals surface area contributed by atoms with E-state index in [1.54, 1.807) is 17.2 Å². The first-order valence-corrected chi connectivity index (χ1v) is 8.07. The topological polar surface area (TPSA) is 75.6 Å². The number of carbonyl (C=O) groups is 1. The molecule has 2 heterocycles. The van der Waals surface area contributed by atoms with Crippen LogP contribution in [0.4, 0.5) is 0 Å². The van der Waals surface area contributed by atoms with Crippen LogP contribution in [-0.4, -0.2) is 25.9 Å². The fourth-order valence-electron chi connectivity index (χ4n) is 2.85. The molecule has 2 aromatic heterocycles. The second-order valence-electron chi connectivity index (χ2n) is 5.79. The number of nitrogens with zero attached hydrogens (tertiary/aromatic N) is 3. The van der Waals surface area contributed by atoms with Crippen molar-refractivity contribution in [3.8, 4) is 0 Å². The summed E-state index contributed by atoms with van der Waals surface area (Å²) in [6.07, 6.45) is 3.25. The molecule has 0 saturated heterocycles. The van der Waals surface area contributed by atoms with Gasteiger partial charge in [0.05, 0.1) is 25.0 Å². The minimum absolute atomic E-state index is 0.155. The van der Waals surface area contributed by atoms with Crippen molar-refractivity contribution < 1.29 is 4.79 Å². The Balaban J connectivity index is 1.60. The first-order valence-electron chi connectivity index (χ1n) is 8.07. The number of hydrogen-bond donors (Lipinski definition) is 2. The van der Waals surface area contributed by atoms with Crippen molar-refractivity contribution in [3.63, 3.8) is 0 Å². The predicted octanol–water partition coefficient (Wildman–Crippen LogP) is 2.93. The molecule has 6 nitrogen and oxygen atoms in total. The lowest BCUT2D eigenvalue weighted by Gasteiger charge is -2.18. The van der Waals surface area contributed by atoms with Crippen LogP contribution < -0.4 is 5.32 Å². The van der Waals surface area contributed by atoms with Crippen LogP contribution >= 0.6 is 0 Å². The maximum absolute atomic E-state index is 12.7. The highest BCUT2D eigenvalue weighted by Gasteiger charge is 2.18.